The van der Waals surface area contributed by atoms with Crippen molar-refractivity contribution >= 4 is 5.91 Å². The van der Waals surface area contributed by atoms with Gasteiger partial charge in [-0.1, -0.05) is 6.42 Å². The van der Waals surface area contributed by atoms with Crippen LogP contribution in [0.25, 0.3) is 0 Å². The second-order valence-electron chi connectivity index (χ2n) is 6.23. The number of carbonyl (C=O) groups excluding carboxylic acids is 1. The summed E-state index contributed by atoms with van der Waals surface area (Å²) in [6.45, 7) is 1.78. The van der Waals surface area contributed by atoms with Crippen molar-refractivity contribution in [3.8, 4) is 0 Å². The van der Waals surface area contributed by atoms with Crippen LogP contribution in [0.5, 0.6) is 0 Å². The molecule has 4 atom stereocenters. The second-order valence-corrected chi connectivity index (χ2v) is 6.23. The van der Waals surface area contributed by atoms with E-state index >= 15 is 0 Å². The average molecular weight is 251 g/mol. The van der Waals surface area contributed by atoms with Crippen LogP contribution in [0.15, 0.2) is 0 Å². The maximum Gasteiger partial charge on any atom is 0.224 e. The number of carbonyl (C=O) groups is 1. The van der Waals surface area contributed by atoms with Crippen molar-refractivity contribution in [2.24, 2.45) is 11.7 Å². The molecule has 2 saturated heterocycles. The summed E-state index contributed by atoms with van der Waals surface area (Å²) < 4.78 is 0. The Balaban J connectivity index is 1.72. The minimum Gasteiger partial charge on any atom is -0.338 e. The summed E-state index contributed by atoms with van der Waals surface area (Å²) in [7, 11) is 2.22. The Bertz CT molecular complexity index is 333. The predicted octanol–water partition coefficient (Wildman–Crippen LogP) is 0.809. The van der Waals surface area contributed by atoms with Gasteiger partial charge in [0.2, 0.25) is 5.91 Å². The zero-order valence-electron chi connectivity index (χ0n) is 11.3. The third kappa shape index (κ3) is 1.86. The third-order valence-corrected chi connectivity index (χ3v) is 5.42. The molecule has 18 heavy (non-hydrogen) atoms. The van der Waals surface area contributed by atoms with Crippen molar-refractivity contribution in [1.82, 2.24) is 9.80 Å². The van der Waals surface area contributed by atoms with E-state index in [1.165, 1.54) is 32.1 Å². The zero-order valence-corrected chi connectivity index (χ0v) is 11.3. The lowest BCUT2D eigenvalue weighted by Gasteiger charge is -2.36. The number of nitrogens with zero attached hydrogens (tertiary/aromatic N) is 2. The standard InChI is InChI=1S/C14H25N3O/c1-16(11-5-2-4-10(11)9-15)13-8-14(18)17-7-3-6-12(13)17/h10-13H,2-9,15H2,1H3. The van der Waals surface area contributed by atoms with Crippen LogP contribution in [-0.4, -0.2) is 54.0 Å². The van der Waals surface area contributed by atoms with Gasteiger partial charge in [0.15, 0.2) is 0 Å². The highest BCUT2D eigenvalue weighted by Gasteiger charge is 2.46. The van der Waals surface area contributed by atoms with Gasteiger partial charge in [-0.25, -0.2) is 0 Å². The lowest BCUT2D eigenvalue weighted by Crippen LogP contribution is -2.48. The molecule has 3 aliphatic rings. The van der Waals surface area contributed by atoms with Crippen molar-refractivity contribution in [2.45, 2.75) is 56.7 Å². The highest BCUT2D eigenvalue weighted by atomic mass is 16.2. The molecule has 2 heterocycles. The van der Waals surface area contributed by atoms with Gasteiger partial charge >= 0.3 is 0 Å². The molecular formula is C14H25N3O. The molecule has 0 aromatic rings. The smallest absolute Gasteiger partial charge is 0.224 e. The Morgan fingerprint density at radius 3 is 2.89 bits per heavy atom. The summed E-state index contributed by atoms with van der Waals surface area (Å²) in [5.41, 5.74) is 5.89. The van der Waals surface area contributed by atoms with Crippen LogP contribution in [0.4, 0.5) is 0 Å². The normalized spacial score (nSPS) is 39.9. The summed E-state index contributed by atoms with van der Waals surface area (Å²) >= 11 is 0. The van der Waals surface area contributed by atoms with Crippen LogP contribution in [-0.2, 0) is 4.79 Å². The SMILES string of the molecule is CN(C1CCCC1CN)C1CC(=O)N2CCCC12. The Morgan fingerprint density at radius 1 is 1.28 bits per heavy atom. The first-order valence-electron chi connectivity index (χ1n) is 7.44. The highest BCUT2D eigenvalue weighted by molar-refractivity contribution is 5.80. The number of nitrogens with two attached hydrogens (primary N) is 1. The van der Waals surface area contributed by atoms with Gasteiger partial charge in [0.25, 0.3) is 0 Å². The number of rotatable bonds is 3. The van der Waals surface area contributed by atoms with Crippen LogP contribution in [0, 0.1) is 5.92 Å². The van der Waals surface area contributed by atoms with Gasteiger partial charge in [0.1, 0.15) is 0 Å². The Labute approximate surface area is 109 Å². The van der Waals surface area contributed by atoms with Crippen LogP contribution >= 0.6 is 0 Å². The van der Waals surface area contributed by atoms with Gasteiger partial charge < -0.3 is 10.6 Å². The van der Waals surface area contributed by atoms with Crippen molar-refractivity contribution < 1.29 is 4.79 Å². The van der Waals surface area contributed by atoms with E-state index < -0.39 is 0 Å². The molecule has 0 radical (unpaired) electrons. The fourth-order valence-electron chi connectivity index (χ4n) is 4.42. The molecule has 3 fully saturated rings. The average Bonchev–Trinajstić information content (AvgIpc) is 3.05. The van der Waals surface area contributed by atoms with E-state index in [9.17, 15) is 4.79 Å². The number of hydrogen-bond donors (Lipinski definition) is 1. The number of amides is 1. The Morgan fingerprint density at radius 2 is 2.11 bits per heavy atom. The molecular weight excluding hydrogens is 226 g/mol. The van der Waals surface area contributed by atoms with E-state index in [0.29, 0.717) is 30.0 Å². The maximum absolute atomic E-state index is 12.0. The molecule has 1 saturated carbocycles. The molecule has 3 rings (SSSR count). The van der Waals surface area contributed by atoms with E-state index in [1.807, 2.05) is 0 Å². The molecule has 1 amide bonds. The molecule has 4 nitrogen and oxygen atoms in total. The molecule has 0 aromatic carbocycles. The molecule has 4 unspecified atom stereocenters. The molecule has 0 spiro atoms. The quantitative estimate of drug-likeness (QED) is 0.807. The molecule has 0 aromatic heterocycles. The Hall–Kier alpha value is -0.610. The molecule has 1 aliphatic carbocycles. The number of hydrogen-bond acceptors (Lipinski definition) is 3. The lowest BCUT2D eigenvalue weighted by molar-refractivity contribution is -0.127. The zero-order chi connectivity index (χ0) is 12.7. The lowest BCUT2D eigenvalue weighted by atomic mass is 9.97. The van der Waals surface area contributed by atoms with Crippen molar-refractivity contribution in [1.29, 1.82) is 0 Å². The van der Waals surface area contributed by atoms with Gasteiger partial charge in [-0.05, 0) is 45.2 Å². The first kappa shape index (κ1) is 12.4. The molecule has 102 valence electrons. The predicted molar refractivity (Wildman–Crippen MR) is 71.1 cm³/mol. The van der Waals surface area contributed by atoms with Gasteiger partial charge in [0, 0.05) is 31.1 Å². The summed E-state index contributed by atoms with van der Waals surface area (Å²) in [5, 5.41) is 0. The maximum atomic E-state index is 12.0. The van der Waals surface area contributed by atoms with Crippen molar-refractivity contribution in [2.75, 3.05) is 20.1 Å². The van der Waals surface area contributed by atoms with Crippen LogP contribution in [0.1, 0.15) is 38.5 Å². The minimum atomic E-state index is 0.372. The van der Waals surface area contributed by atoms with E-state index in [2.05, 4.69) is 16.8 Å². The monoisotopic (exact) mass is 251 g/mol. The molecule has 4 heteroatoms. The number of fused-ring (bicyclic) bond motifs is 1. The van der Waals surface area contributed by atoms with Gasteiger partial charge in [0.05, 0.1) is 0 Å². The van der Waals surface area contributed by atoms with Crippen molar-refractivity contribution in [3.05, 3.63) is 0 Å². The van der Waals surface area contributed by atoms with Gasteiger partial charge in [-0.15, -0.1) is 0 Å². The first-order valence-corrected chi connectivity index (χ1v) is 7.44. The van der Waals surface area contributed by atoms with E-state index in [0.717, 1.165) is 19.5 Å². The van der Waals surface area contributed by atoms with Crippen LogP contribution < -0.4 is 5.73 Å². The number of likely N-dealkylation sites (N-methyl/N-ethyl adjacent to an activating group) is 1. The highest BCUT2D eigenvalue weighted by Crippen LogP contribution is 2.36. The second kappa shape index (κ2) is 4.82. The summed E-state index contributed by atoms with van der Waals surface area (Å²) in [5.74, 6) is 1.01. The Kier molecular flexibility index (Phi) is 3.32. The largest absolute Gasteiger partial charge is 0.338 e. The summed E-state index contributed by atoms with van der Waals surface area (Å²) in [6.07, 6.45) is 6.93. The molecule has 2 aliphatic heterocycles. The van der Waals surface area contributed by atoms with E-state index in [1.54, 1.807) is 0 Å². The van der Waals surface area contributed by atoms with Gasteiger partial charge in [-0.2, -0.15) is 0 Å². The fourth-order valence-corrected chi connectivity index (χ4v) is 4.42. The molecule has 2 N–H and O–H groups in total. The fraction of sp³-hybridized carbons (Fsp3) is 0.929. The van der Waals surface area contributed by atoms with E-state index in [-0.39, 0.29) is 0 Å². The summed E-state index contributed by atoms with van der Waals surface area (Å²) in [6, 6.07) is 1.53. The minimum absolute atomic E-state index is 0.372. The topological polar surface area (TPSA) is 49.6 Å². The van der Waals surface area contributed by atoms with Crippen molar-refractivity contribution in [3.63, 3.8) is 0 Å². The van der Waals surface area contributed by atoms with Gasteiger partial charge in [-0.3, -0.25) is 9.69 Å². The first-order chi connectivity index (χ1) is 8.72. The summed E-state index contributed by atoms with van der Waals surface area (Å²) in [4.78, 5) is 16.6. The van der Waals surface area contributed by atoms with Crippen LogP contribution in [0.3, 0.4) is 0 Å². The van der Waals surface area contributed by atoms with Crippen LogP contribution in [0.2, 0.25) is 0 Å². The van der Waals surface area contributed by atoms with E-state index in [4.69, 9.17) is 5.73 Å². The third-order valence-electron chi connectivity index (χ3n) is 5.42. The molecule has 0 bridgehead atoms.